The van der Waals surface area contributed by atoms with Gasteiger partial charge in [-0.1, -0.05) is 11.8 Å². The lowest BCUT2D eigenvalue weighted by atomic mass is 9.92. The SMILES string of the molecule is C[C@@H](O)[C@H]1C(=O)N2C(C(=O)OCc3ccc([N+](=O)[O-])cc3)=C(SC3CCn4cncc43)S[C@H]12. The second kappa shape index (κ2) is 8.50. The van der Waals surface area contributed by atoms with E-state index in [1.165, 1.54) is 52.7 Å². The Hall–Kier alpha value is -2.83. The van der Waals surface area contributed by atoms with Crippen molar-refractivity contribution in [1.29, 1.82) is 0 Å². The van der Waals surface area contributed by atoms with E-state index >= 15 is 0 Å². The van der Waals surface area contributed by atoms with Crippen molar-refractivity contribution in [2.75, 3.05) is 0 Å². The first-order valence-electron chi connectivity index (χ1n) is 10.3. The van der Waals surface area contributed by atoms with Gasteiger partial charge < -0.3 is 14.4 Å². The van der Waals surface area contributed by atoms with Gasteiger partial charge in [-0.25, -0.2) is 9.78 Å². The maximum Gasteiger partial charge on any atom is 0.357 e. The number of hydrogen-bond acceptors (Lipinski definition) is 9. The number of benzene rings is 1. The number of fused-ring (bicyclic) bond motifs is 2. The highest BCUT2D eigenvalue weighted by Gasteiger charge is 2.58. The molecule has 1 aromatic carbocycles. The van der Waals surface area contributed by atoms with Crippen LogP contribution in [0.15, 0.2) is 46.7 Å². The first kappa shape index (κ1) is 22.0. The summed E-state index contributed by atoms with van der Waals surface area (Å²) in [7, 11) is 0. The first-order valence-corrected chi connectivity index (χ1v) is 12.1. The lowest BCUT2D eigenvalue weighted by Crippen LogP contribution is -2.60. The fourth-order valence-corrected chi connectivity index (χ4v) is 7.47. The standard InChI is InChI=1S/C21H20N4O6S2/c1-11(26)16-18(27)24-17(20(28)31-9-12-2-4-13(5-3-12)25(29)30)21(33-19(16)24)32-15-6-7-23-10-22-8-14(15)23/h2-5,8,10-11,15-16,19,26H,6-7,9H2,1H3/t11-,15?,16+,19-/m1/s1. The molecule has 3 aliphatic rings. The molecule has 1 unspecified atom stereocenters. The van der Waals surface area contributed by atoms with E-state index in [1.807, 2.05) is 6.20 Å². The number of thioether (sulfide) groups is 2. The van der Waals surface area contributed by atoms with E-state index in [1.54, 1.807) is 13.3 Å². The molecule has 33 heavy (non-hydrogen) atoms. The molecular formula is C21H20N4O6S2. The van der Waals surface area contributed by atoms with E-state index in [4.69, 9.17) is 4.74 Å². The van der Waals surface area contributed by atoms with Crippen LogP contribution in [0.4, 0.5) is 5.69 Å². The number of nitrogens with zero attached hydrogens (tertiary/aromatic N) is 4. The van der Waals surface area contributed by atoms with Crippen LogP contribution in [0.2, 0.25) is 0 Å². The highest BCUT2D eigenvalue weighted by atomic mass is 32.2. The van der Waals surface area contributed by atoms with E-state index < -0.39 is 22.9 Å². The number of esters is 1. The van der Waals surface area contributed by atoms with Gasteiger partial charge in [0.2, 0.25) is 5.91 Å². The Morgan fingerprint density at radius 3 is 2.88 bits per heavy atom. The van der Waals surface area contributed by atoms with Crippen LogP contribution in [-0.4, -0.2) is 47.8 Å². The average Bonchev–Trinajstić information content (AvgIpc) is 3.47. The number of carbonyl (C=O) groups is 2. The van der Waals surface area contributed by atoms with Gasteiger partial charge in [0.25, 0.3) is 5.69 Å². The molecule has 4 heterocycles. The number of carbonyl (C=O) groups excluding carboxylic acids is 2. The van der Waals surface area contributed by atoms with Gasteiger partial charge in [-0.05, 0) is 31.0 Å². The molecule has 172 valence electrons. The van der Waals surface area contributed by atoms with Gasteiger partial charge in [-0.15, -0.1) is 11.8 Å². The number of nitro groups is 1. The second-order valence-corrected chi connectivity index (χ2v) is 10.6. The maximum absolute atomic E-state index is 13.1. The molecule has 0 saturated carbocycles. The van der Waals surface area contributed by atoms with E-state index in [2.05, 4.69) is 9.55 Å². The van der Waals surface area contributed by atoms with Crippen LogP contribution in [0.5, 0.6) is 0 Å². The predicted molar refractivity (Wildman–Crippen MR) is 120 cm³/mol. The number of aliphatic hydroxyl groups excluding tert-OH is 1. The van der Waals surface area contributed by atoms with E-state index in [9.17, 15) is 24.8 Å². The largest absolute Gasteiger partial charge is 0.456 e. The normalized spacial score (nSPS) is 24.4. The number of rotatable bonds is 7. The highest BCUT2D eigenvalue weighted by molar-refractivity contribution is 8.22. The molecule has 1 fully saturated rings. The van der Waals surface area contributed by atoms with Crippen molar-refractivity contribution in [2.45, 2.75) is 43.2 Å². The molecule has 0 spiro atoms. The summed E-state index contributed by atoms with van der Waals surface area (Å²) >= 11 is 2.93. The monoisotopic (exact) mass is 488 g/mol. The molecule has 1 aromatic heterocycles. The molecule has 5 rings (SSSR count). The number of ether oxygens (including phenoxy) is 1. The fourth-order valence-electron chi connectivity index (χ4n) is 4.19. The summed E-state index contributed by atoms with van der Waals surface area (Å²) in [6, 6.07) is 5.75. The third-order valence-electron chi connectivity index (χ3n) is 5.93. The van der Waals surface area contributed by atoms with Crippen molar-refractivity contribution in [3.8, 4) is 0 Å². The molecular weight excluding hydrogens is 468 g/mol. The number of amides is 1. The minimum absolute atomic E-state index is 0.0485. The van der Waals surface area contributed by atoms with Crippen molar-refractivity contribution >= 4 is 41.1 Å². The van der Waals surface area contributed by atoms with E-state index in [0.29, 0.717) is 9.80 Å². The van der Waals surface area contributed by atoms with Gasteiger partial charge in [0.15, 0.2) is 5.70 Å². The molecule has 0 aliphatic carbocycles. The van der Waals surface area contributed by atoms with Gasteiger partial charge in [0.1, 0.15) is 12.0 Å². The molecule has 1 N–H and O–H groups in total. The maximum atomic E-state index is 13.1. The number of hydrogen-bond donors (Lipinski definition) is 1. The van der Waals surface area contributed by atoms with Crippen molar-refractivity contribution < 1.29 is 24.4 Å². The van der Waals surface area contributed by atoms with Gasteiger partial charge in [0.05, 0.1) is 38.5 Å². The minimum Gasteiger partial charge on any atom is -0.456 e. The van der Waals surface area contributed by atoms with Crippen LogP contribution >= 0.6 is 23.5 Å². The van der Waals surface area contributed by atoms with Crippen molar-refractivity contribution in [2.24, 2.45) is 5.92 Å². The number of nitro benzene ring substituents is 1. The minimum atomic E-state index is -0.819. The van der Waals surface area contributed by atoms with Gasteiger partial charge in [0, 0.05) is 24.9 Å². The zero-order chi connectivity index (χ0) is 23.3. The summed E-state index contributed by atoms with van der Waals surface area (Å²) in [5, 5.41) is 20.6. The fraction of sp³-hybridized carbons (Fsp3) is 0.381. The Kier molecular flexibility index (Phi) is 5.67. The van der Waals surface area contributed by atoms with Crippen molar-refractivity contribution in [3.05, 3.63) is 68.1 Å². The summed E-state index contributed by atoms with van der Waals surface area (Å²) in [6.45, 7) is 2.34. The number of aryl methyl sites for hydroxylation is 1. The van der Waals surface area contributed by atoms with Gasteiger partial charge in [-0.3, -0.25) is 19.8 Å². The lowest BCUT2D eigenvalue weighted by Gasteiger charge is -2.43. The zero-order valence-corrected chi connectivity index (χ0v) is 19.1. The Morgan fingerprint density at radius 2 is 2.18 bits per heavy atom. The smallest absolute Gasteiger partial charge is 0.357 e. The van der Waals surface area contributed by atoms with Gasteiger partial charge >= 0.3 is 5.97 Å². The van der Waals surface area contributed by atoms with Crippen LogP contribution < -0.4 is 0 Å². The van der Waals surface area contributed by atoms with Crippen LogP contribution in [-0.2, 0) is 27.5 Å². The molecule has 3 aliphatic heterocycles. The molecule has 12 heteroatoms. The summed E-state index contributed by atoms with van der Waals surface area (Å²) < 4.78 is 8.26. The predicted octanol–water partition coefficient (Wildman–Crippen LogP) is 2.79. The zero-order valence-electron chi connectivity index (χ0n) is 17.5. The molecule has 1 saturated heterocycles. The third kappa shape index (κ3) is 3.81. The van der Waals surface area contributed by atoms with Crippen LogP contribution in [0.25, 0.3) is 0 Å². The number of imidazole rings is 1. The Bertz CT molecular complexity index is 1160. The number of aliphatic hydroxyl groups is 1. The van der Waals surface area contributed by atoms with Crippen LogP contribution in [0, 0.1) is 16.0 Å². The van der Waals surface area contributed by atoms with Crippen molar-refractivity contribution in [3.63, 3.8) is 0 Å². The van der Waals surface area contributed by atoms with Crippen molar-refractivity contribution in [1.82, 2.24) is 14.5 Å². The average molecular weight is 489 g/mol. The Labute approximate surface area is 197 Å². The van der Waals surface area contributed by atoms with Crippen LogP contribution in [0.1, 0.15) is 29.9 Å². The number of β-lactam (4-membered cyclic amide) rings is 1. The summed E-state index contributed by atoms with van der Waals surface area (Å²) in [6.07, 6.45) is 3.67. The van der Waals surface area contributed by atoms with Gasteiger partial charge in [-0.2, -0.15) is 0 Å². The lowest BCUT2D eigenvalue weighted by molar-refractivity contribution is -0.384. The third-order valence-corrected chi connectivity index (χ3v) is 8.83. The summed E-state index contributed by atoms with van der Waals surface area (Å²) in [4.78, 5) is 41.8. The molecule has 0 radical (unpaired) electrons. The first-order chi connectivity index (χ1) is 15.8. The summed E-state index contributed by atoms with van der Waals surface area (Å²) in [5.41, 5.74) is 1.83. The Morgan fingerprint density at radius 1 is 1.42 bits per heavy atom. The molecule has 2 aromatic rings. The molecule has 0 bridgehead atoms. The molecule has 4 atom stereocenters. The topological polar surface area (TPSA) is 128 Å². The van der Waals surface area contributed by atoms with E-state index in [0.717, 1.165) is 18.7 Å². The van der Waals surface area contributed by atoms with E-state index in [-0.39, 0.29) is 34.5 Å². The number of non-ortho nitro benzene ring substituents is 1. The molecule has 10 nitrogen and oxygen atoms in total. The highest BCUT2D eigenvalue weighted by Crippen LogP contribution is 2.57. The number of aromatic nitrogens is 2. The summed E-state index contributed by atoms with van der Waals surface area (Å²) in [5.74, 6) is -1.49. The van der Waals surface area contributed by atoms with Crippen LogP contribution in [0.3, 0.4) is 0 Å². The Balaban J connectivity index is 1.36. The second-order valence-electron chi connectivity index (χ2n) is 8.03. The quantitative estimate of drug-likeness (QED) is 0.271. The molecule has 1 amide bonds.